The number of fused-ring (bicyclic) bond motifs is 4. The van der Waals surface area contributed by atoms with Crippen LogP contribution >= 0.6 is 0 Å². The predicted molar refractivity (Wildman–Crippen MR) is 75.5 cm³/mol. The molecule has 4 heterocycles. The van der Waals surface area contributed by atoms with Crippen molar-refractivity contribution >= 4 is 16.5 Å². The number of aryl methyl sites for hydroxylation is 1. The number of hydrogen-bond acceptors (Lipinski definition) is 1. The van der Waals surface area contributed by atoms with Crippen LogP contribution in [-0.2, 0) is 7.05 Å². The summed E-state index contributed by atoms with van der Waals surface area (Å²) >= 11 is 0. The molecule has 0 saturated carbocycles. The van der Waals surface area contributed by atoms with Crippen LogP contribution in [0.15, 0.2) is 35.9 Å². The smallest absolute Gasteiger partial charge is 0.0482 e. The molecular formula is C16H18N2. The average Bonchev–Trinajstić information content (AvgIpc) is 2.78. The monoisotopic (exact) mass is 238 g/mol. The fourth-order valence-electron chi connectivity index (χ4n) is 3.46. The Bertz CT molecular complexity index is 638. The van der Waals surface area contributed by atoms with Gasteiger partial charge in [0.25, 0.3) is 0 Å². The van der Waals surface area contributed by atoms with Gasteiger partial charge in [-0.3, -0.25) is 4.90 Å². The minimum absolute atomic E-state index is 1.15. The van der Waals surface area contributed by atoms with Crippen LogP contribution in [0.1, 0.15) is 18.5 Å². The van der Waals surface area contributed by atoms with Crippen LogP contribution in [0.3, 0.4) is 0 Å². The number of benzene rings is 1. The lowest BCUT2D eigenvalue weighted by Gasteiger charge is -2.37. The highest BCUT2D eigenvalue weighted by molar-refractivity contribution is 5.86. The van der Waals surface area contributed by atoms with Gasteiger partial charge in [-0.05, 0) is 30.5 Å². The van der Waals surface area contributed by atoms with Gasteiger partial charge in [-0.15, -0.1) is 0 Å². The topological polar surface area (TPSA) is 8.17 Å². The second-order valence-corrected chi connectivity index (χ2v) is 5.51. The molecule has 3 aliphatic rings. The van der Waals surface area contributed by atoms with E-state index in [-0.39, 0.29) is 0 Å². The minimum Gasteiger partial charge on any atom is -0.344 e. The molecule has 0 aliphatic carbocycles. The quantitative estimate of drug-likeness (QED) is 0.741. The first-order valence-corrected chi connectivity index (χ1v) is 6.81. The Morgan fingerprint density at radius 1 is 1.06 bits per heavy atom. The molecule has 2 nitrogen and oxygen atoms in total. The molecule has 1 saturated heterocycles. The first kappa shape index (κ1) is 10.4. The number of hydrogen-bond donors (Lipinski definition) is 0. The van der Waals surface area contributed by atoms with E-state index in [0.717, 1.165) is 6.54 Å². The van der Waals surface area contributed by atoms with E-state index >= 15 is 0 Å². The summed E-state index contributed by atoms with van der Waals surface area (Å²) < 4.78 is 2.36. The van der Waals surface area contributed by atoms with Gasteiger partial charge in [-0.1, -0.05) is 23.8 Å². The molecule has 1 fully saturated rings. The number of piperidine rings is 1. The Morgan fingerprint density at radius 2 is 1.83 bits per heavy atom. The Morgan fingerprint density at radius 3 is 2.50 bits per heavy atom. The molecule has 18 heavy (non-hydrogen) atoms. The van der Waals surface area contributed by atoms with Crippen molar-refractivity contribution in [3.63, 3.8) is 0 Å². The van der Waals surface area contributed by atoms with Gasteiger partial charge >= 0.3 is 0 Å². The average molecular weight is 238 g/mol. The molecule has 2 aromatic rings. The van der Waals surface area contributed by atoms with E-state index in [1.807, 2.05) is 0 Å². The molecular weight excluding hydrogens is 220 g/mol. The van der Waals surface area contributed by atoms with Crippen molar-refractivity contribution in [1.29, 1.82) is 0 Å². The number of para-hydroxylation sites is 1. The minimum atomic E-state index is 1.15. The van der Waals surface area contributed by atoms with Gasteiger partial charge in [-0.2, -0.15) is 0 Å². The van der Waals surface area contributed by atoms with Crippen molar-refractivity contribution in [2.45, 2.75) is 12.8 Å². The summed E-state index contributed by atoms with van der Waals surface area (Å²) in [6.07, 6.45) is 2.55. The lowest BCUT2D eigenvalue weighted by Crippen LogP contribution is -2.37. The van der Waals surface area contributed by atoms with Crippen LogP contribution in [-0.4, -0.2) is 29.1 Å². The first-order chi connectivity index (χ1) is 8.83. The zero-order valence-electron chi connectivity index (χ0n) is 10.8. The first-order valence-electron chi connectivity index (χ1n) is 6.81. The molecule has 0 N–H and O–H groups in total. The van der Waals surface area contributed by atoms with Crippen molar-refractivity contribution in [3.05, 3.63) is 41.6 Å². The predicted octanol–water partition coefficient (Wildman–Crippen LogP) is 3.04. The van der Waals surface area contributed by atoms with Gasteiger partial charge in [0.2, 0.25) is 0 Å². The lowest BCUT2D eigenvalue weighted by atomic mass is 9.90. The maximum atomic E-state index is 2.58. The molecule has 1 aromatic carbocycles. The highest BCUT2D eigenvalue weighted by Gasteiger charge is 2.26. The van der Waals surface area contributed by atoms with E-state index in [2.05, 4.69) is 46.8 Å². The normalized spacial score (nSPS) is 20.1. The van der Waals surface area contributed by atoms with Gasteiger partial charge < -0.3 is 4.57 Å². The molecule has 0 atom stereocenters. The standard InChI is InChI=1S/C16H18N2/c1-17-15-5-3-2-4-13(15)10-16(17)14-11-18-8-6-12(14)7-9-18/h2-5,10H,6-9,11H2,1H3. The molecule has 5 rings (SSSR count). The maximum Gasteiger partial charge on any atom is 0.0482 e. The maximum absolute atomic E-state index is 2.58. The van der Waals surface area contributed by atoms with Crippen molar-refractivity contribution in [1.82, 2.24) is 9.47 Å². The molecule has 0 spiro atoms. The largest absolute Gasteiger partial charge is 0.344 e. The third-order valence-corrected chi connectivity index (χ3v) is 4.53. The summed E-state index contributed by atoms with van der Waals surface area (Å²) in [5.74, 6) is 0. The van der Waals surface area contributed by atoms with E-state index in [1.165, 1.54) is 42.5 Å². The lowest BCUT2D eigenvalue weighted by molar-refractivity contribution is 0.268. The third-order valence-electron chi connectivity index (χ3n) is 4.53. The number of aromatic nitrogens is 1. The van der Waals surface area contributed by atoms with E-state index in [9.17, 15) is 0 Å². The second kappa shape index (κ2) is 3.72. The molecule has 0 unspecified atom stereocenters. The van der Waals surface area contributed by atoms with Crippen LogP contribution in [0.4, 0.5) is 0 Å². The van der Waals surface area contributed by atoms with Crippen molar-refractivity contribution in [3.8, 4) is 0 Å². The summed E-state index contributed by atoms with van der Waals surface area (Å²) in [6.45, 7) is 3.69. The van der Waals surface area contributed by atoms with Crippen molar-refractivity contribution < 1.29 is 0 Å². The Kier molecular flexibility index (Phi) is 2.15. The fourth-order valence-corrected chi connectivity index (χ4v) is 3.46. The molecule has 2 heteroatoms. The van der Waals surface area contributed by atoms with Crippen LogP contribution < -0.4 is 0 Å². The van der Waals surface area contributed by atoms with Gasteiger partial charge in [0.15, 0.2) is 0 Å². The van der Waals surface area contributed by atoms with Gasteiger partial charge in [0.05, 0.1) is 0 Å². The molecule has 1 aromatic heterocycles. The van der Waals surface area contributed by atoms with Crippen LogP contribution in [0, 0.1) is 0 Å². The second-order valence-electron chi connectivity index (χ2n) is 5.51. The summed E-state index contributed by atoms with van der Waals surface area (Å²) in [7, 11) is 2.20. The SMILES string of the molecule is Cn1c(C2=C3CCN(CC3)C2)cc2ccccc21. The molecule has 0 radical (unpaired) electrons. The highest BCUT2D eigenvalue weighted by Crippen LogP contribution is 2.35. The number of rotatable bonds is 1. The van der Waals surface area contributed by atoms with Crippen LogP contribution in [0.25, 0.3) is 16.5 Å². The summed E-state index contributed by atoms with van der Waals surface area (Å²) in [4.78, 5) is 2.58. The van der Waals surface area contributed by atoms with Crippen LogP contribution in [0.5, 0.6) is 0 Å². The van der Waals surface area contributed by atoms with E-state index in [4.69, 9.17) is 0 Å². The molecule has 0 amide bonds. The summed E-state index contributed by atoms with van der Waals surface area (Å²) in [5.41, 5.74) is 6.06. The van der Waals surface area contributed by atoms with Gasteiger partial charge in [-0.25, -0.2) is 0 Å². The Balaban J connectivity index is 1.93. The number of nitrogens with zero attached hydrogens (tertiary/aromatic N) is 2. The zero-order valence-corrected chi connectivity index (χ0v) is 10.8. The van der Waals surface area contributed by atoms with Crippen molar-refractivity contribution in [2.75, 3.05) is 19.6 Å². The summed E-state index contributed by atoms with van der Waals surface area (Å²) in [5, 5.41) is 1.36. The molecule has 2 bridgehead atoms. The van der Waals surface area contributed by atoms with E-state index in [1.54, 1.807) is 11.1 Å². The zero-order chi connectivity index (χ0) is 12.1. The van der Waals surface area contributed by atoms with E-state index in [0.29, 0.717) is 0 Å². The van der Waals surface area contributed by atoms with E-state index < -0.39 is 0 Å². The highest BCUT2D eigenvalue weighted by atomic mass is 15.1. The van der Waals surface area contributed by atoms with Crippen molar-refractivity contribution in [2.24, 2.45) is 7.05 Å². The summed E-state index contributed by atoms with van der Waals surface area (Å²) in [6, 6.07) is 11.0. The molecule has 92 valence electrons. The van der Waals surface area contributed by atoms with Crippen LogP contribution in [0.2, 0.25) is 0 Å². The fraction of sp³-hybridized carbons (Fsp3) is 0.375. The Hall–Kier alpha value is -1.54. The Labute approximate surface area is 108 Å². The van der Waals surface area contributed by atoms with Gasteiger partial charge in [0.1, 0.15) is 0 Å². The van der Waals surface area contributed by atoms with Gasteiger partial charge in [0, 0.05) is 43.3 Å². The third kappa shape index (κ3) is 1.39. The molecule has 3 aliphatic heterocycles.